The molecule has 7 heteroatoms. The molecule has 148 valence electrons. The molecule has 0 saturated heterocycles. The van der Waals surface area contributed by atoms with Gasteiger partial charge >= 0.3 is 0 Å². The van der Waals surface area contributed by atoms with Gasteiger partial charge in [-0.15, -0.1) is 0 Å². The highest BCUT2D eigenvalue weighted by Gasteiger charge is 2.08. The monoisotopic (exact) mass is 410 g/mol. The van der Waals surface area contributed by atoms with Crippen LogP contribution in [-0.4, -0.2) is 22.3 Å². The molecule has 0 saturated carbocycles. The molecule has 0 heterocycles. The summed E-state index contributed by atoms with van der Waals surface area (Å²) in [7, 11) is 0. The lowest BCUT2D eigenvalue weighted by Crippen LogP contribution is -2.17. The first kappa shape index (κ1) is 20.2. The van der Waals surface area contributed by atoms with Gasteiger partial charge in [-0.3, -0.25) is 4.79 Å². The molecule has 0 aliphatic rings. The van der Waals surface area contributed by atoms with E-state index < -0.39 is 5.91 Å². The van der Waals surface area contributed by atoms with Gasteiger partial charge in [0.1, 0.15) is 23.9 Å². The Balaban J connectivity index is 1.72. The molecule has 29 heavy (non-hydrogen) atoms. The molecule has 3 rings (SSSR count). The average Bonchev–Trinajstić information content (AvgIpc) is 2.67. The van der Waals surface area contributed by atoms with Gasteiger partial charge < -0.3 is 14.9 Å². The van der Waals surface area contributed by atoms with E-state index in [9.17, 15) is 15.0 Å². The number of carbonyl (C=O) groups excluding carboxylic acids is 1. The predicted molar refractivity (Wildman–Crippen MR) is 112 cm³/mol. The normalized spacial score (nSPS) is 10.8. The fourth-order valence-electron chi connectivity index (χ4n) is 2.63. The van der Waals surface area contributed by atoms with E-state index in [1.54, 1.807) is 18.2 Å². The number of halogens is 1. The predicted octanol–water partition coefficient (Wildman–Crippen LogP) is 4.40. The number of aromatic hydroxyl groups is 2. The Morgan fingerprint density at radius 1 is 1.10 bits per heavy atom. The number of benzene rings is 3. The summed E-state index contributed by atoms with van der Waals surface area (Å²) in [5, 5.41) is 23.4. The Morgan fingerprint density at radius 2 is 1.83 bits per heavy atom. The number of phenolic OH excluding ortho intramolecular Hbond substituents is 2. The van der Waals surface area contributed by atoms with Crippen LogP contribution in [0.5, 0.6) is 17.2 Å². The highest BCUT2D eigenvalue weighted by Crippen LogP contribution is 2.23. The molecule has 0 bridgehead atoms. The minimum atomic E-state index is -0.586. The van der Waals surface area contributed by atoms with Crippen molar-refractivity contribution in [1.29, 1.82) is 0 Å². The van der Waals surface area contributed by atoms with Crippen LogP contribution in [0.15, 0.2) is 65.8 Å². The van der Waals surface area contributed by atoms with Crippen molar-refractivity contribution in [1.82, 2.24) is 5.43 Å². The van der Waals surface area contributed by atoms with Crippen molar-refractivity contribution in [2.45, 2.75) is 13.5 Å². The van der Waals surface area contributed by atoms with E-state index in [1.807, 2.05) is 31.2 Å². The molecule has 3 N–H and O–H groups in total. The summed E-state index contributed by atoms with van der Waals surface area (Å²) >= 11 is 6.07. The Bertz CT molecular complexity index is 1050. The molecule has 0 radical (unpaired) electrons. The number of ether oxygens (including phenoxy) is 1. The SMILES string of the molecule is Cc1ccccc1COc1ccc(Cl)cc1/C=N/NC(=O)c1cc(O)cc(O)c1. The van der Waals surface area contributed by atoms with E-state index in [4.69, 9.17) is 16.3 Å². The van der Waals surface area contributed by atoms with Crippen LogP contribution in [0.25, 0.3) is 0 Å². The van der Waals surface area contributed by atoms with E-state index in [0.717, 1.165) is 17.2 Å². The number of hydrogen-bond donors (Lipinski definition) is 3. The zero-order valence-electron chi connectivity index (χ0n) is 15.6. The molecule has 0 spiro atoms. The Hall–Kier alpha value is -3.51. The van der Waals surface area contributed by atoms with Gasteiger partial charge in [0.25, 0.3) is 5.91 Å². The minimum absolute atomic E-state index is 0.0711. The maximum atomic E-state index is 12.1. The first-order valence-electron chi connectivity index (χ1n) is 8.75. The Labute approximate surface area is 173 Å². The van der Waals surface area contributed by atoms with Crippen molar-refractivity contribution in [3.05, 3.63) is 87.9 Å². The van der Waals surface area contributed by atoms with Crippen LogP contribution in [0.4, 0.5) is 0 Å². The second-order valence-corrected chi connectivity index (χ2v) is 6.77. The maximum Gasteiger partial charge on any atom is 0.271 e. The van der Waals surface area contributed by atoms with Gasteiger partial charge in [0.05, 0.1) is 6.21 Å². The van der Waals surface area contributed by atoms with Crippen molar-refractivity contribution >= 4 is 23.7 Å². The Kier molecular flexibility index (Phi) is 6.36. The zero-order valence-corrected chi connectivity index (χ0v) is 16.3. The van der Waals surface area contributed by atoms with Crippen molar-refractivity contribution in [2.75, 3.05) is 0 Å². The molecule has 6 nitrogen and oxygen atoms in total. The van der Waals surface area contributed by atoms with Crippen molar-refractivity contribution in [3.8, 4) is 17.2 Å². The van der Waals surface area contributed by atoms with E-state index in [0.29, 0.717) is 22.9 Å². The lowest BCUT2D eigenvalue weighted by atomic mass is 10.1. The van der Waals surface area contributed by atoms with Crippen LogP contribution in [0.3, 0.4) is 0 Å². The zero-order chi connectivity index (χ0) is 20.8. The van der Waals surface area contributed by atoms with Crippen LogP contribution in [0.1, 0.15) is 27.0 Å². The van der Waals surface area contributed by atoms with Crippen molar-refractivity contribution in [2.24, 2.45) is 5.10 Å². The first-order valence-corrected chi connectivity index (χ1v) is 9.13. The van der Waals surface area contributed by atoms with E-state index >= 15 is 0 Å². The fraction of sp³-hybridized carbons (Fsp3) is 0.0909. The summed E-state index contributed by atoms with van der Waals surface area (Å²) in [6, 6.07) is 16.6. The number of aryl methyl sites for hydroxylation is 1. The number of phenols is 2. The summed E-state index contributed by atoms with van der Waals surface area (Å²) in [5.74, 6) is -0.468. The number of hydrazone groups is 1. The molecule has 0 atom stereocenters. The van der Waals surface area contributed by atoms with Gasteiger partial charge in [-0.1, -0.05) is 35.9 Å². The quantitative estimate of drug-likeness (QED) is 0.415. The molecule has 0 fully saturated rings. The first-order chi connectivity index (χ1) is 13.9. The third-order valence-electron chi connectivity index (χ3n) is 4.15. The lowest BCUT2D eigenvalue weighted by Gasteiger charge is -2.11. The molecule has 3 aromatic rings. The van der Waals surface area contributed by atoms with E-state index in [-0.39, 0.29) is 17.1 Å². The van der Waals surface area contributed by atoms with Gasteiger partial charge in [-0.2, -0.15) is 5.10 Å². The molecule has 0 aliphatic carbocycles. The summed E-state index contributed by atoms with van der Waals surface area (Å²) < 4.78 is 5.90. The number of amides is 1. The smallest absolute Gasteiger partial charge is 0.271 e. The second kappa shape index (κ2) is 9.12. The van der Waals surface area contributed by atoms with Gasteiger partial charge in [-0.05, 0) is 48.4 Å². The standard InChI is InChI=1S/C22H19ClN2O4/c1-14-4-2-3-5-15(14)13-29-21-7-6-18(23)8-17(21)12-24-25-22(28)16-9-19(26)11-20(27)10-16/h2-12,26-27H,13H2,1H3,(H,25,28)/b24-12+. The molecule has 0 aliphatic heterocycles. The van der Waals surface area contributed by atoms with Gasteiger partial charge in [0, 0.05) is 22.2 Å². The molecule has 3 aromatic carbocycles. The van der Waals surface area contributed by atoms with Crippen molar-refractivity contribution in [3.63, 3.8) is 0 Å². The van der Waals surface area contributed by atoms with Crippen LogP contribution in [-0.2, 0) is 6.61 Å². The summed E-state index contributed by atoms with van der Waals surface area (Å²) in [5.41, 5.74) is 5.18. The summed E-state index contributed by atoms with van der Waals surface area (Å²) in [4.78, 5) is 12.1. The Morgan fingerprint density at radius 3 is 2.55 bits per heavy atom. The molecule has 0 unspecified atom stereocenters. The molecular weight excluding hydrogens is 392 g/mol. The number of nitrogens with one attached hydrogen (secondary N) is 1. The highest BCUT2D eigenvalue weighted by atomic mass is 35.5. The highest BCUT2D eigenvalue weighted by molar-refractivity contribution is 6.30. The van der Waals surface area contributed by atoms with Crippen LogP contribution in [0.2, 0.25) is 5.02 Å². The third kappa shape index (κ3) is 5.49. The van der Waals surface area contributed by atoms with E-state index in [2.05, 4.69) is 10.5 Å². The van der Waals surface area contributed by atoms with Gasteiger partial charge in [0.15, 0.2) is 0 Å². The average molecular weight is 411 g/mol. The van der Waals surface area contributed by atoms with Crippen LogP contribution >= 0.6 is 11.6 Å². The largest absolute Gasteiger partial charge is 0.508 e. The molecular formula is C22H19ClN2O4. The third-order valence-corrected chi connectivity index (χ3v) is 4.39. The maximum absolute atomic E-state index is 12.1. The molecule has 0 aromatic heterocycles. The number of nitrogens with zero attached hydrogens (tertiary/aromatic N) is 1. The van der Waals surface area contributed by atoms with Crippen LogP contribution in [0, 0.1) is 6.92 Å². The topological polar surface area (TPSA) is 91.2 Å². The fourth-order valence-corrected chi connectivity index (χ4v) is 2.81. The number of rotatable bonds is 6. The number of hydrogen-bond acceptors (Lipinski definition) is 5. The summed E-state index contributed by atoms with van der Waals surface area (Å²) in [6.07, 6.45) is 1.42. The summed E-state index contributed by atoms with van der Waals surface area (Å²) in [6.45, 7) is 2.39. The molecule has 1 amide bonds. The van der Waals surface area contributed by atoms with Gasteiger partial charge in [-0.25, -0.2) is 5.43 Å². The lowest BCUT2D eigenvalue weighted by molar-refractivity contribution is 0.0954. The van der Waals surface area contributed by atoms with Gasteiger partial charge in [0.2, 0.25) is 0 Å². The minimum Gasteiger partial charge on any atom is -0.508 e. The number of carbonyl (C=O) groups is 1. The van der Waals surface area contributed by atoms with Crippen LogP contribution < -0.4 is 10.2 Å². The van der Waals surface area contributed by atoms with Crippen molar-refractivity contribution < 1.29 is 19.7 Å². The second-order valence-electron chi connectivity index (χ2n) is 6.33. The van der Waals surface area contributed by atoms with E-state index in [1.165, 1.54) is 18.3 Å².